The van der Waals surface area contributed by atoms with Gasteiger partial charge in [-0.3, -0.25) is 4.79 Å². The van der Waals surface area contributed by atoms with Crippen molar-refractivity contribution in [2.24, 2.45) is 0 Å². The number of carbonyl (C=O) groups is 1. The molecule has 4 rings (SSSR count). The van der Waals surface area contributed by atoms with Crippen LogP contribution in [-0.2, 0) is 17.4 Å². The Morgan fingerprint density at radius 1 is 1.17 bits per heavy atom. The topological polar surface area (TPSA) is 91.1 Å². The molecular formula is C26H24F3N5O2. The summed E-state index contributed by atoms with van der Waals surface area (Å²) in [5.41, 5.74) is 2.11. The van der Waals surface area contributed by atoms with Crippen molar-refractivity contribution in [2.75, 3.05) is 25.1 Å². The van der Waals surface area contributed by atoms with Crippen LogP contribution in [0.15, 0.2) is 54.6 Å². The molecule has 0 aliphatic carbocycles. The number of alkyl halides is 3. The van der Waals surface area contributed by atoms with E-state index < -0.39 is 18.0 Å². The number of nitrogens with one attached hydrogen (secondary N) is 1. The molecular weight excluding hydrogens is 471 g/mol. The van der Waals surface area contributed by atoms with Crippen LogP contribution in [-0.4, -0.2) is 42.1 Å². The standard InChI is InChI=1S/C26H24F3N5O2/c1-36-20-10-8-19(9-11-20)21-15-23(33-25(32-21)26(27,28)29)34-14-2-3-22(34)24(35)31-13-12-17-4-6-18(16-30)7-5-17/h4-11,15,22H,2-3,12-14H2,1H3,(H,31,35)/t22-/m0/s1. The minimum absolute atomic E-state index is 0.0629. The third-order valence-electron chi connectivity index (χ3n) is 6.00. The summed E-state index contributed by atoms with van der Waals surface area (Å²) in [6.07, 6.45) is -3.02. The number of methoxy groups -OCH3 is 1. The number of aromatic nitrogens is 2. The number of hydrogen-bond donors (Lipinski definition) is 1. The molecule has 1 atom stereocenters. The number of nitriles is 1. The highest BCUT2D eigenvalue weighted by atomic mass is 19.4. The Morgan fingerprint density at radius 3 is 2.53 bits per heavy atom. The lowest BCUT2D eigenvalue weighted by atomic mass is 10.1. The van der Waals surface area contributed by atoms with E-state index in [1.807, 2.05) is 12.1 Å². The summed E-state index contributed by atoms with van der Waals surface area (Å²) in [7, 11) is 1.50. The lowest BCUT2D eigenvalue weighted by Gasteiger charge is -2.26. The van der Waals surface area contributed by atoms with Crippen molar-refractivity contribution in [3.05, 3.63) is 71.5 Å². The number of nitrogens with zero attached hydrogens (tertiary/aromatic N) is 4. The number of ether oxygens (including phenoxy) is 1. The number of amides is 1. The van der Waals surface area contributed by atoms with Gasteiger partial charge in [-0.05, 0) is 61.2 Å². The Hall–Kier alpha value is -4.13. The first kappa shape index (κ1) is 25.0. The highest BCUT2D eigenvalue weighted by molar-refractivity contribution is 5.85. The first-order valence-corrected chi connectivity index (χ1v) is 11.4. The smallest absolute Gasteiger partial charge is 0.451 e. The van der Waals surface area contributed by atoms with E-state index in [1.165, 1.54) is 13.2 Å². The molecule has 2 aromatic carbocycles. The second-order valence-electron chi connectivity index (χ2n) is 8.36. The highest BCUT2D eigenvalue weighted by Crippen LogP contribution is 2.33. The van der Waals surface area contributed by atoms with Gasteiger partial charge in [0.1, 0.15) is 17.6 Å². The molecule has 0 unspecified atom stereocenters. The third-order valence-corrected chi connectivity index (χ3v) is 6.00. The van der Waals surface area contributed by atoms with Crippen LogP contribution in [0.25, 0.3) is 11.3 Å². The number of rotatable bonds is 7. The summed E-state index contributed by atoms with van der Waals surface area (Å²) in [6, 6.07) is 16.5. The molecule has 1 N–H and O–H groups in total. The minimum Gasteiger partial charge on any atom is -0.497 e. The quantitative estimate of drug-likeness (QED) is 0.524. The molecule has 1 aromatic heterocycles. The lowest BCUT2D eigenvalue weighted by Crippen LogP contribution is -2.44. The van der Waals surface area contributed by atoms with Crippen LogP contribution in [0.5, 0.6) is 5.75 Å². The van der Waals surface area contributed by atoms with Crippen molar-refractivity contribution >= 4 is 11.7 Å². The zero-order valence-corrected chi connectivity index (χ0v) is 19.5. The first-order chi connectivity index (χ1) is 17.3. The Bertz CT molecular complexity index is 1250. The van der Waals surface area contributed by atoms with Crippen LogP contribution in [0, 0.1) is 11.3 Å². The van der Waals surface area contributed by atoms with E-state index in [9.17, 15) is 18.0 Å². The van der Waals surface area contributed by atoms with Crippen LogP contribution < -0.4 is 15.0 Å². The molecule has 2 heterocycles. The lowest BCUT2D eigenvalue weighted by molar-refractivity contribution is -0.144. The van der Waals surface area contributed by atoms with Crippen molar-refractivity contribution < 1.29 is 22.7 Å². The molecule has 0 saturated carbocycles. The maximum Gasteiger partial charge on any atom is 0.451 e. The number of benzene rings is 2. The number of carbonyl (C=O) groups excluding carboxylic acids is 1. The van der Waals surface area contributed by atoms with E-state index in [2.05, 4.69) is 21.4 Å². The predicted molar refractivity (Wildman–Crippen MR) is 127 cm³/mol. The maximum absolute atomic E-state index is 13.6. The molecule has 10 heteroatoms. The van der Waals surface area contributed by atoms with E-state index in [0.717, 1.165) is 5.56 Å². The summed E-state index contributed by atoms with van der Waals surface area (Å²) in [5, 5.41) is 11.8. The van der Waals surface area contributed by atoms with Crippen molar-refractivity contribution in [1.82, 2.24) is 15.3 Å². The average molecular weight is 496 g/mol. The summed E-state index contributed by atoms with van der Waals surface area (Å²) >= 11 is 0. The maximum atomic E-state index is 13.6. The number of anilines is 1. The fraction of sp³-hybridized carbons (Fsp3) is 0.308. The van der Waals surface area contributed by atoms with Crippen molar-refractivity contribution in [2.45, 2.75) is 31.5 Å². The van der Waals surface area contributed by atoms with Gasteiger partial charge in [-0.15, -0.1) is 0 Å². The van der Waals surface area contributed by atoms with E-state index in [0.29, 0.717) is 49.2 Å². The molecule has 0 radical (unpaired) electrons. The molecule has 0 spiro atoms. The van der Waals surface area contributed by atoms with Crippen molar-refractivity contribution in [1.29, 1.82) is 5.26 Å². The van der Waals surface area contributed by atoms with Gasteiger partial charge in [0.2, 0.25) is 11.7 Å². The monoisotopic (exact) mass is 495 g/mol. The van der Waals surface area contributed by atoms with Gasteiger partial charge in [0.15, 0.2) is 0 Å². The van der Waals surface area contributed by atoms with Gasteiger partial charge < -0.3 is 15.0 Å². The number of hydrogen-bond acceptors (Lipinski definition) is 6. The van der Waals surface area contributed by atoms with Gasteiger partial charge in [0.25, 0.3) is 0 Å². The van der Waals surface area contributed by atoms with Gasteiger partial charge in [0.05, 0.1) is 24.4 Å². The van der Waals surface area contributed by atoms with Crippen LogP contribution in [0.3, 0.4) is 0 Å². The predicted octanol–water partition coefficient (Wildman–Crippen LogP) is 4.37. The molecule has 36 heavy (non-hydrogen) atoms. The van der Waals surface area contributed by atoms with E-state index in [-0.39, 0.29) is 17.4 Å². The van der Waals surface area contributed by atoms with E-state index in [4.69, 9.17) is 10.00 Å². The van der Waals surface area contributed by atoms with Gasteiger partial charge in [-0.2, -0.15) is 18.4 Å². The summed E-state index contributed by atoms with van der Waals surface area (Å²) in [4.78, 5) is 22.1. The van der Waals surface area contributed by atoms with Gasteiger partial charge in [0, 0.05) is 24.7 Å². The van der Waals surface area contributed by atoms with Crippen molar-refractivity contribution in [3.63, 3.8) is 0 Å². The van der Waals surface area contributed by atoms with Gasteiger partial charge in [-0.25, -0.2) is 9.97 Å². The molecule has 1 aliphatic heterocycles. The third kappa shape index (κ3) is 5.74. The second kappa shape index (κ2) is 10.6. The molecule has 186 valence electrons. The fourth-order valence-electron chi connectivity index (χ4n) is 4.13. The normalized spacial score (nSPS) is 15.4. The van der Waals surface area contributed by atoms with Crippen molar-refractivity contribution in [3.8, 4) is 23.1 Å². The second-order valence-corrected chi connectivity index (χ2v) is 8.36. The summed E-state index contributed by atoms with van der Waals surface area (Å²) < 4.78 is 46.0. The molecule has 1 fully saturated rings. The largest absolute Gasteiger partial charge is 0.497 e. The molecule has 1 aliphatic rings. The molecule has 1 saturated heterocycles. The Balaban J connectivity index is 1.52. The summed E-state index contributed by atoms with van der Waals surface area (Å²) in [5.74, 6) is -0.883. The first-order valence-electron chi connectivity index (χ1n) is 11.4. The van der Waals surface area contributed by atoms with E-state index in [1.54, 1.807) is 41.3 Å². The van der Waals surface area contributed by atoms with Crippen LogP contribution in [0.4, 0.5) is 19.0 Å². The molecule has 7 nitrogen and oxygen atoms in total. The minimum atomic E-state index is -4.74. The number of halogens is 3. The molecule has 1 amide bonds. The SMILES string of the molecule is COc1ccc(-c2cc(N3CCC[C@H]3C(=O)NCCc3ccc(C#N)cc3)nc(C(F)(F)F)n2)cc1. The van der Waals surface area contributed by atoms with Crippen LogP contribution in [0.2, 0.25) is 0 Å². The summed E-state index contributed by atoms with van der Waals surface area (Å²) in [6.45, 7) is 0.772. The Kier molecular flexibility index (Phi) is 7.38. The van der Waals surface area contributed by atoms with E-state index >= 15 is 0 Å². The fourth-order valence-corrected chi connectivity index (χ4v) is 4.13. The average Bonchev–Trinajstić information content (AvgIpc) is 3.39. The highest BCUT2D eigenvalue weighted by Gasteiger charge is 2.38. The van der Waals surface area contributed by atoms with Crippen LogP contribution >= 0.6 is 0 Å². The Labute approximate surface area is 206 Å². The molecule has 3 aromatic rings. The Morgan fingerprint density at radius 2 is 1.89 bits per heavy atom. The molecule has 0 bridgehead atoms. The van der Waals surface area contributed by atoms with Gasteiger partial charge >= 0.3 is 6.18 Å². The van der Waals surface area contributed by atoms with Gasteiger partial charge in [-0.1, -0.05) is 12.1 Å². The zero-order chi connectivity index (χ0) is 25.7. The zero-order valence-electron chi connectivity index (χ0n) is 19.5. The van der Waals surface area contributed by atoms with Crippen LogP contribution in [0.1, 0.15) is 29.8 Å².